The van der Waals surface area contributed by atoms with Gasteiger partial charge in [-0.05, 0) is 31.7 Å². The molecule has 0 saturated carbocycles. The van der Waals surface area contributed by atoms with Crippen LogP contribution in [0.1, 0.15) is 53.0 Å². The molecule has 0 unspecified atom stereocenters. The molecular weight excluding hydrogens is 216 g/mol. The van der Waals surface area contributed by atoms with Crippen molar-refractivity contribution in [3.63, 3.8) is 0 Å². The normalized spacial score (nSPS) is 9.50. The maximum Gasteiger partial charge on any atom is -0.00671 e. The number of hydrogen-bond acceptors (Lipinski definition) is 0. The third-order valence-corrected chi connectivity index (χ3v) is 2.35. The predicted molar refractivity (Wildman–Crippen MR) is 86.0 cm³/mol. The fraction of sp³-hybridized carbons (Fsp3) is 0.444. The molecule has 0 spiro atoms. The summed E-state index contributed by atoms with van der Waals surface area (Å²) in [7, 11) is 0. The van der Waals surface area contributed by atoms with Crippen LogP contribution in [0.2, 0.25) is 0 Å². The van der Waals surface area contributed by atoms with Crippen molar-refractivity contribution < 1.29 is 0 Å². The van der Waals surface area contributed by atoms with E-state index >= 15 is 0 Å². The van der Waals surface area contributed by atoms with Gasteiger partial charge in [-0.25, -0.2) is 0 Å². The number of allylic oxidation sites excluding steroid dienone is 3. The van der Waals surface area contributed by atoms with Crippen LogP contribution in [0.3, 0.4) is 0 Å². The van der Waals surface area contributed by atoms with Crippen LogP contribution in [0.5, 0.6) is 0 Å². The summed E-state index contributed by atoms with van der Waals surface area (Å²) in [4.78, 5) is 0. The molecule has 0 fully saturated rings. The average Bonchev–Trinajstić information content (AvgIpc) is 2.48. The largest absolute Gasteiger partial charge is 0.103 e. The smallest absolute Gasteiger partial charge is 0.00671 e. The van der Waals surface area contributed by atoms with Crippen LogP contribution in [0.25, 0.3) is 0 Å². The van der Waals surface area contributed by atoms with Crippen molar-refractivity contribution in [2.24, 2.45) is 0 Å². The Hall–Kier alpha value is -1.30. The molecule has 0 aliphatic heterocycles. The Labute approximate surface area is 114 Å². The van der Waals surface area contributed by atoms with Crippen molar-refractivity contribution in [3.8, 4) is 0 Å². The van der Waals surface area contributed by atoms with Crippen molar-refractivity contribution in [3.05, 3.63) is 60.2 Å². The lowest BCUT2D eigenvalue weighted by Crippen LogP contribution is -1.89. The Morgan fingerprint density at radius 3 is 2.06 bits per heavy atom. The molecule has 0 bridgehead atoms. The molecule has 1 rings (SSSR count). The Morgan fingerprint density at radius 1 is 1.06 bits per heavy atom. The standard InChI is InChI=1S/C14H18.2C2H6/c1-3-5-9-13(4-2)12-14-10-7-6-8-11-14;2*1-2/h3-4,6-8,10-11H,1,5,9,12H2,2H3;2*1-2H3/b13-4+;;. The summed E-state index contributed by atoms with van der Waals surface area (Å²) in [5.74, 6) is 0. The molecule has 0 radical (unpaired) electrons. The summed E-state index contributed by atoms with van der Waals surface area (Å²) in [6, 6.07) is 10.6. The van der Waals surface area contributed by atoms with Crippen LogP contribution in [-0.2, 0) is 6.42 Å². The van der Waals surface area contributed by atoms with Crippen molar-refractivity contribution >= 4 is 0 Å². The Bertz CT molecular complexity index is 293. The highest BCUT2D eigenvalue weighted by atomic mass is 14.0. The lowest BCUT2D eigenvalue weighted by molar-refractivity contribution is 0.923. The van der Waals surface area contributed by atoms with Gasteiger partial charge >= 0.3 is 0 Å². The minimum atomic E-state index is 1.07. The molecule has 0 aromatic heterocycles. The molecule has 1 aromatic rings. The van der Waals surface area contributed by atoms with Gasteiger partial charge in [-0.15, -0.1) is 6.58 Å². The quantitative estimate of drug-likeness (QED) is 0.543. The molecule has 1 aromatic carbocycles. The second-order valence-corrected chi connectivity index (χ2v) is 3.44. The van der Waals surface area contributed by atoms with Gasteiger partial charge in [0.05, 0.1) is 0 Å². The SMILES string of the molecule is C=CCC/C(=C\C)Cc1ccccc1.CC.CC. The highest BCUT2D eigenvalue weighted by molar-refractivity contribution is 5.21. The van der Waals surface area contributed by atoms with E-state index in [2.05, 4.69) is 49.9 Å². The van der Waals surface area contributed by atoms with Gasteiger partial charge in [-0.1, -0.05) is 75.8 Å². The van der Waals surface area contributed by atoms with Gasteiger partial charge in [0.1, 0.15) is 0 Å². The van der Waals surface area contributed by atoms with E-state index in [1.807, 2.05) is 33.8 Å². The van der Waals surface area contributed by atoms with E-state index in [1.54, 1.807) is 0 Å². The molecular formula is C18H30. The zero-order valence-electron chi connectivity index (χ0n) is 12.9. The van der Waals surface area contributed by atoms with Crippen molar-refractivity contribution in [1.29, 1.82) is 0 Å². The monoisotopic (exact) mass is 246 g/mol. The second kappa shape index (κ2) is 15.7. The molecule has 18 heavy (non-hydrogen) atoms. The lowest BCUT2D eigenvalue weighted by Gasteiger charge is -2.05. The van der Waals surface area contributed by atoms with Gasteiger partial charge in [0.15, 0.2) is 0 Å². The molecule has 0 nitrogen and oxygen atoms in total. The van der Waals surface area contributed by atoms with Crippen molar-refractivity contribution in [1.82, 2.24) is 0 Å². The molecule has 102 valence electrons. The Balaban J connectivity index is 0. The molecule has 0 N–H and O–H groups in total. The summed E-state index contributed by atoms with van der Waals surface area (Å²) in [6.45, 7) is 13.9. The molecule has 0 saturated heterocycles. The van der Waals surface area contributed by atoms with Crippen molar-refractivity contribution in [2.75, 3.05) is 0 Å². The van der Waals surface area contributed by atoms with Gasteiger partial charge in [0.25, 0.3) is 0 Å². The van der Waals surface area contributed by atoms with Gasteiger partial charge < -0.3 is 0 Å². The highest BCUT2D eigenvalue weighted by Crippen LogP contribution is 2.13. The molecule has 0 aliphatic rings. The first-order chi connectivity index (χ1) is 8.86. The van der Waals surface area contributed by atoms with Crippen molar-refractivity contribution in [2.45, 2.75) is 53.9 Å². The second-order valence-electron chi connectivity index (χ2n) is 3.44. The van der Waals surface area contributed by atoms with E-state index in [0.717, 1.165) is 19.3 Å². The van der Waals surface area contributed by atoms with Crippen LogP contribution in [0, 0.1) is 0 Å². The van der Waals surface area contributed by atoms with Crippen LogP contribution in [0.4, 0.5) is 0 Å². The topological polar surface area (TPSA) is 0 Å². The molecule has 0 aliphatic carbocycles. The van der Waals surface area contributed by atoms with Crippen LogP contribution in [-0.4, -0.2) is 0 Å². The maximum atomic E-state index is 3.75. The van der Waals surface area contributed by atoms with E-state index in [9.17, 15) is 0 Å². The summed E-state index contributed by atoms with van der Waals surface area (Å²) in [6.07, 6.45) is 7.48. The van der Waals surface area contributed by atoms with E-state index in [1.165, 1.54) is 11.1 Å². The minimum absolute atomic E-state index is 1.07. The minimum Gasteiger partial charge on any atom is -0.103 e. The first kappa shape index (κ1) is 19.0. The summed E-state index contributed by atoms with van der Waals surface area (Å²) < 4.78 is 0. The zero-order chi connectivity index (χ0) is 14.2. The summed E-state index contributed by atoms with van der Waals surface area (Å²) in [5, 5.41) is 0. The van der Waals surface area contributed by atoms with Crippen LogP contribution in [0.15, 0.2) is 54.6 Å². The van der Waals surface area contributed by atoms with Gasteiger partial charge in [-0.2, -0.15) is 0 Å². The van der Waals surface area contributed by atoms with Crippen LogP contribution < -0.4 is 0 Å². The molecule has 0 atom stereocenters. The third-order valence-electron chi connectivity index (χ3n) is 2.35. The fourth-order valence-corrected chi connectivity index (χ4v) is 1.48. The van der Waals surface area contributed by atoms with Gasteiger partial charge in [0.2, 0.25) is 0 Å². The lowest BCUT2D eigenvalue weighted by atomic mass is 10.0. The molecule has 0 amide bonds. The molecule has 0 heteroatoms. The number of rotatable bonds is 5. The predicted octanol–water partition coefficient (Wildman–Crippen LogP) is 6.19. The first-order valence-corrected chi connectivity index (χ1v) is 7.15. The average molecular weight is 246 g/mol. The Kier molecular flexibility index (Phi) is 16.6. The van der Waals surface area contributed by atoms with Gasteiger partial charge in [0, 0.05) is 0 Å². The number of hydrogen-bond donors (Lipinski definition) is 0. The fourth-order valence-electron chi connectivity index (χ4n) is 1.48. The Morgan fingerprint density at radius 2 is 1.61 bits per heavy atom. The van der Waals surface area contributed by atoms with E-state index in [4.69, 9.17) is 0 Å². The summed E-state index contributed by atoms with van der Waals surface area (Å²) in [5.41, 5.74) is 2.89. The molecule has 0 heterocycles. The van der Waals surface area contributed by atoms with Crippen LogP contribution >= 0.6 is 0 Å². The number of benzene rings is 1. The van der Waals surface area contributed by atoms with Gasteiger partial charge in [-0.3, -0.25) is 0 Å². The maximum absolute atomic E-state index is 3.75. The highest BCUT2D eigenvalue weighted by Gasteiger charge is 1.96. The summed E-state index contributed by atoms with van der Waals surface area (Å²) >= 11 is 0. The first-order valence-electron chi connectivity index (χ1n) is 7.15. The van der Waals surface area contributed by atoms with E-state index in [0.29, 0.717) is 0 Å². The third kappa shape index (κ3) is 9.89. The van der Waals surface area contributed by atoms with E-state index < -0.39 is 0 Å². The van der Waals surface area contributed by atoms with E-state index in [-0.39, 0.29) is 0 Å². The zero-order valence-corrected chi connectivity index (χ0v) is 12.9.